The Hall–Kier alpha value is -1.33. The molecule has 4 nitrogen and oxygen atoms in total. The molecule has 1 heterocycles. The summed E-state index contributed by atoms with van der Waals surface area (Å²) in [6, 6.07) is 7.49. The predicted molar refractivity (Wildman–Crippen MR) is 80.7 cm³/mol. The van der Waals surface area contributed by atoms with E-state index in [1.54, 1.807) is 4.90 Å². The molecule has 19 heavy (non-hydrogen) atoms. The van der Waals surface area contributed by atoms with Crippen LogP contribution >= 0.6 is 23.4 Å². The summed E-state index contributed by atoms with van der Waals surface area (Å²) in [7, 11) is 0. The fourth-order valence-electron chi connectivity index (χ4n) is 1.57. The Balaban J connectivity index is 2.21. The number of thioether (sulfide) groups is 1. The minimum Gasteiger partial charge on any atom is -0.285 e. The molecule has 1 aliphatic heterocycles. The number of rotatable bonds is 3. The molecule has 0 radical (unpaired) electrons. The first-order valence-corrected chi connectivity index (χ1v) is 7.19. The van der Waals surface area contributed by atoms with Crippen LogP contribution in [-0.4, -0.2) is 27.4 Å². The van der Waals surface area contributed by atoms with Gasteiger partial charge in [0.2, 0.25) is 5.91 Å². The molecule has 1 fully saturated rings. The minimum atomic E-state index is 0.0348. The van der Waals surface area contributed by atoms with Crippen LogP contribution in [0.25, 0.3) is 0 Å². The van der Waals surface area contributed by atoms with Crippen LogP contribution in [0.1, 0.15) is 19.4 Å². The highest BCUT2D eigenvalue weighted by atomic mass is 35.5. The zero-order valence-corrected chi connectivity index (χ0v) is 12.3. The van der Waals surface area contributed by atoms with Crippen molar-refractivity contribution in [3.05, 3.63) is 34.9 Å². The van der Waals surface area contributed by atoms with Crippen molar-refractivity contribution in [2.45, 2.75) is 20.4 Å². The lowest BCUT2D eigenvalue weighted by molar-refractivity contribution is -0.124. The molecule has 100 valence electrons. The molecule has 2 rings (SSSR count). The van der Waals surface area contributed by atoms with Gasteiger partial charge >= 0.3 is 0 Å². The van der Waals surface area contributed by atoms with Crippen LogP contribution in [0, 0.1) is 0 Å². The average molecular weight is 296 g/mol. The lowest BCUT2D eigenvalue weighted by atomic mass is 10.2. The Bertz CT molecular complexity index is 553. The summed E-state index contributed by atoms with van der Waals surface area (Å²) in [5, 5.41) is 9.41. The number of hydrogen-bond acceptors (Lipinski definition) is 4. The maximum Gasteiger partial charge on any atom is 0.239 e. The molecule has 0 unspecified atom stereocenters. The van der Waals surface area contributed by atoms with E-state index in [0.717, 1.165) is 11.3 Å². The third-order valence-corrected chi connectivity index (χ3v) is 3.80. The van der Waals surface area contributed by atoms with E-state index in [1.165, 1.54) is 11.8 Å². The summed E-state index contributed by atoms with van der Waals surface area (Å²) in [6.07, 6.45) is 0. The van der Waals surface area contributed by atoms with Crippen molar-refractivity contribution >= 4 is 40.1 Å². The van der Waals surface area contributed by atoms with E-state index in [9.17, 15) is 4.79 Å². The van der Waals surface area contributed by atoms with Crippen LogP contribution in [-0.2, 0) is 11.3 Å². The molecule has 0 aliphatic carbocycles. The Labute approximate surface area is 121 Å². The highest BCUT2D eigenvalue weighted by molar-refractivity contribution is 8.15. The number of carbonyl (C=O) groups excluding carboxylic acids is 1. The average Bonchev–Trinajstić information content (AvgIpc) is 2.71. The van der Waals surface area contributed by atoms with Crippen molar-refractivity contribution in [2.24, 2.45) is 10.2 Å². The van der Waals surface area contributed by atoms with Crippen LogP contribution < -0.4 is 0 Å². The van der Waals surface area contributed by atoms with Gasteiger partial charge in [-0.05, 0) is 25.5 Å². The molecular weight excluding hydrogens is 282 g/mol. The summed E-state index contributed by atoms with van der Waals surface area (Å²) >= 11 is 7.52. The largest absolute Gasteiger partial charge is 0.285 e. The second kappa shape index (κ2) is 6.21. The highest BCUT2D eigenvalue weighted by Gasteiger charge is 2.28. The first-order valence-electron chi connectivity index (χ1n) is 5.83. The highest BCUT2D eigenvalue weighted by Crippen LogP contribution is 2.24. The topological polar surface area (TPSA) is 45.0 Å². The Kier molecular flexibility index (Phi) is 4.61. The van der Waals surface area contributed by atoms with Gasteiger partial charge in [-0.2, -0.15) is 5.10 Å². The van der Waals surface area contributed by atoms with Crippen molar-refractivity contribution < 1.29 is 4.79 Å². The van der Waals surface area contributed by atoms with Gasteiger partial charge in [0.1, 0.15) is 0 Å². The summed E-state index contributed by atoms with van der Waals surface area (Å²) in [5.74, 6) is 0.439. The number of carbonyl (C=O) groups is 1. The van der Waals surface area contributed by atoms with E-state index in [4.69, 9.17) is 11.6 Å². The third-order valence-electron chi connectivity index (χ3n) is 2.48. The van der Waals surface area contributed by atoms with E-state index in [-0.39, 0.29) is 5.91 Å². The van der Waals surface area contributed by atoms with Crippen molar-refractivity contribution in [3.63, 3.8) is 0 Å². The zero-order chi connectivity index (χ0) is 13.8. The standard InChI is InChI=1S/C13H14ClN3OS/c1-9(2)15-16-13-17(12(18)8-19-13)7-10-5-3-4-6-11(10)14/h3-6H,7-8H2,1-2H3/b16-13-. The van der Waals surface area contributed by atoms with Gasteiger partial charge in [0.25, 0.3) is 0 Å². The number of amidine groups is 1. The molecule has 1 amide bonds. The van der Waals surface area contributed by atoms with Crippen molar-refractivity contribution in [2.75, 3.05) is 5.75 Å². The third kappa shape index (κ3) is 3.58. The van der Waals surface area contributed by atoms with Crippen molar-refractivity contribution in [1.29, 1.82) is 0 Å². The molecule has 0 aromatic heterocycles. The number of nitrogens with zero attached hydrogens (tertiary/aromatic N) is 3. The Morgan fingerprint density at radius 2 is 2.16 bits per heavy atom. The van der Waals surface area contributed by atoms with E-state index in [2.05, 4.69) is 10.2 Å². The first kappa shape index (κ1) is 14.1. The maximum absolute atomic E-state index is 11.9. The number of hydrogen-bond donors (Lipinski definition) is 0. The lowest BCUT2D eigenvalue weighted by Gasteiger charge is -2.15. The summed E-state index contributed by atoms with van der Waals surface area (Å²) in [5.41, 5.74) is 1.76. The molecule has 0 N–H and O–H groups in total. The molecule has 0 saturated carbocycles. The van der Waals surface area contributed by atoms with Crippen LogP contribution in [0.3, 0.4) is 0 Å². The summed E-state index contributed by atoms with van der Waals surface area (Å²) in [6.45, 7) is 4.16. The van der Waals surface area contributed by atoms with E-state index in [0.29, 0.717) is 22.5 Å². The van der Waals surface area contributed by atoms with Gasteiger partial charge in [0.05, 0.1) is 12.3 Å². The van der Waals surface area contributed by atoms with Crippen molar-refractivity contribution in [1.82, 2.24) is 4.90 Å². The predicted octanol–water partition coefficient (Wildman–Crippen LogP) is 3.17. The number of amides is 1. The van der Waals surface area contributed by atoms with Gasteiger partial charge in [0, 0.05) is 10.7 Å². The smallest absolute Gasteiger partial charge is 0.239 e. The molecule has 1 aromatic rings. The SMILES string of the molecule is CC(C)=N/N=C1\SCC(=O)N1Cc1ccccc1Cl. The summed E-state index contributed by atoms with van der Waals surface area (Å²) < 4.78 is 0. The molecule has 1 aliphatic rings. The van der Waals surface area contributed by atoms with Gasteiger partial charge in [-0.3, -0.25) is 9.69 Å². The number of benzene rings is 1. The van der Waals surface area contributed by atoms with Crippen LogP contribution in [0.2, 0.25) is 5.02 Å². The quantitative estimate of drug-likeness (QED) is 0.635. The fraction of sp³-hybridized carbons (Fsp3) is 0.308. The molecule has 1 aromatic carbocycles. The molecule has 0 spiro atoms. The fourth-order valence-corrected chi connectivity index (χ4v) is 2.59. The zero-order valence-electron chi connectivity index (χ0n) is 10.8. The second-order valence-corrected chi connectivity index (χ2v) is 5.64. The monoisotopic (exact) mass is 295 g/mol. The molecule has 6 heteroatoms. The van der Waals surface area contributed by atoms with Crippen LogP contribution in [0.15, 0.2) is 34.5 Å². The van der Waals surface area contributed by atoms with Gasteiger partial charge in [-0.25, -0.2) is 0 Å². The Morgan fingerprint density at radius 3 is 2.84 bits per heavy atom. The second-order valence-electron chi connectivity index (χ2n) is 4.29. The lowest BCUT2D eigenvalue weighted by Crippen LogP contribution is -2.29. The van der Waals surface area contributed by atoms with Gasteiger partial charge < -0.3 is 0 Å². The molecule has 1 saturated heterocycles. The minimum absolute atomic E-state index is 0.0348. The molecular formula is C13H14ClN3OS. The molecule has 0 atom stereocenters. The van der Waals surface area contributed by atoms with Gasteiger partial charge in [-0.1, -0.05) is 41.6 Å². The molecule has 0 bridgehead atoms. The summed E-state index contributed by atoms with van der Waals surface area (Å²) in [4.78, 5) is 13.5. The van der Waals surface area contributed by atoms with E-state index >= 15 is 0 Å². The van der Waals surface area contributed by atoms with E-state index in [1.807, 2.05) is 38.1 Å². The van der Waals surface area contributed by atoms with Gasteiger partial charge in [-0.15, -0.1) is 5.10 Å². The van der Waals surface area contributed by atoms with Crippen LogP contribution in [0.4, 0.5) is 0 Å². The van der Waals surface area contributed by atoms with Gasteiger partial charge in [0.15, 0.2) is 5.17 Å². The van der Waals surface area contributed by atoms with Crippen molar-refractivity contribution in [3.8, 4) is 0 Å². The first-order chi connectivity index (χ1) is 9.08. The van der Waals surface area contributed by atoms with E-state index < -0.39 is 0 Å². The Morgan fingerprint density at radius 1 is 1.42 bits per heavy atom. The number of halogens is 1. The van der Waals surface area contributed by atoms with Crippen LogP contribution in [0.5, 0.6) is 0 Å². The maximum atomic E-state index is 11.9. The normalized spacial score (nSPS) is 17.1.